The lowest BCUT2D eigenvalue weighted by molar-refractivity contribution is -0.127. The zero-order chi connectivity index (χ0) is 18.1. The average Bonchev–Trinajstić information content (AvgIpc) is 3.29. The van der Waals surface area contributed by atoms with Crippen LogP contribution in [0.25, 0.3) is 0 Å². The normalized spacial score (nSPS) is 31.2. The summed E-state index contributed by atoms with van der Waals surface area (Å²) in [5, 5.41) is 5.44. The van der Waals surface area contributed by atoms with E-state index in [1.54, 1.807) is 0 Å². The summed E-state index contributed by atoms with van der Waals surface area (Å²) in [5.41, 5.74) is 2.97. The van der Waals surface area contributed by atoms with Crippen molar-refractivity contribution in [2.24, 2.45) is 0 Å². The van der Waals surface area contributed by atoms with Crippen LogP contribution in [0.5, 0.6) is 0 Å². The summed E-state index contributed by atoms with van der Waals surface area (Å²) >= 11 is 0. The van der Waals surface area contributed by atoms with Crippen LogP contribution in [0.4, 0.5) is 5.69 Å². The maximum Gasteiger partial charge on any atom is 0.166 e. The van der Waals surface area contributed by atoms with E-state index in [1.165, 1.54) is 82.4 Å². The Morgan fingerprint density at radius 2 is 1.41 bits per heavy atom. The summed E-state index contributed by atoms with van der Waals surface area (Å²) < 4.78 is 5.76. The molecule has 0 aliphatic carbocycles. The van der Waals surface area contributed by atoms with E-state index in [9.17, 15) is 0 Å². The number of para-hydroxylation sites is 1. The molecule has 0 spiro atoms. The summed E-state index contributed by atoms with van der Waals surface area (Å²) in [6.07, 6.45) is 9.05. The number of aryl methyl sites for hydroxylation is 1. The molecule has 3 saturated heterocycles. The maximum atomic E-state index is 5.76. The number of piperidine rings is 1. The Kier molecular flexibility index (Phi) is 5.11. The number of nitrogens with zero attached hydrogens (tertiary/aromatic N) is 4. The molecule has 27 heavy (non-hydrogen) atoms. The van der Waals surface area contributed by atoms with Gasteiger partial charge in [-0.3, -0.25) is 14.8 Å². The summed E-state index contributed by atoms with van der Waals surface area (Å²) in [6, 6.07) is 9.16. The Morgan fingerprint density at radius 3 is 2.19 bits per heavy atom. The summed E-state index contributed by atoms with van der Waals surface area (Å²) in [6.45, 7) is 8.65. The minimum atomic E-state index is -0.00796. The molecule has 1 aromatic rings. The molecule has 3 fully saturated rings. The van der Waals surface area contributed by atoms with E-state index in [-0.39, 0.29) is 5.79 Å². The molecule has 0 amide bonds. The number of hydrazine groups is 1. The van der Waals surface area contributed by atoms with E-state index in [0.29, 0.717) is 0 Å². The Labute approximate surface area is 163 Å². The number of hydrogen-bond acceptors (Lipinski definition) is 5. The van der Waals surface area contributed by atoms with Crippen LogP contribution in [0, 0.1) is 0 Å². The second-order valence-corrected chi connectivity index (χ2v) is 8.52. The summed E-state index contributed by atoms with van der Waals surface area (Å²) in [7, 11) is 0. The first-order chi connectivity index (χ1) is 13.4. The molecule has 0 bridgehead atoms. The third kappa shape index (κ3) is 3.09. The van der Waals surface area contributed by atoms with Gasteiger partial charge in [0, 0.05) is 45.7 Å². The van der Waals surface area contributed by atoms with Crippen molar-refractivity contribution in [3.8, 4) is 0 Å². The number of likely N-dealkylation sites (tertiary alicyclic amines) is 1. The van der Waals surface area contributed by atoms with Gasteiger partial charge < -0.3 is 4.74 Å². The van der Waals surface area contributed by atoms with E-state index < -0.39 is 0 Å². The minimum absolute atomic E-state index is 0.00796. The van der Waals surface area contributed by atoms with E-state index in [2.05, 4.69) is 44.1 Å². The van der Waals surface area contributed by atoms with Crippen LogP contribution in [0.2, 0.25) is 0 Å². The Hall–Kier alpha value is -1.14. The largest absolute Gasteiger partial charge is 0.379 e. The molecular formula is C22H34N4O. The van der Waals surface area contributed by atoms with Gasteiger partial charge in [-0.25, -0.2) is 5.01 Å². The third-order valence-electron chi connectivity index (χ3n) is 7.03. The fraction of sp³-hybridized carbons (Fsp3) is 0.727. The van der Waals surface area contributed by atoms with Crippen LogP contribution in [-0.4, -0.2) is 73.1 Å². The van der Waals surface area contributed by atoms with Crippen molar-refractivity contribution in [2.45, 2.75) is 50.7 Å². The van der Waals surface area contributed by atoms with Crippen LogP contribution >= 0.6 is 0 Å². The van der Waals surface area contributed by atoms with Gasteiger partial charge in [0.25, 0.3) is 0 Å². The number of rotatable bonds is 3. The highest BCUT2D eigenvalue weighted by atomic mass is 16.5. The number of anilines is 1. The molecule has 5 heteroatoms. The third-order valence-corrected chi connectivity index (χ3v) is 7.03. The maximum absolute atomic E-state index is 5.76. The van der Waals surface area contributed by atoms with Gasteiger partial charge in [0.15, 0.2) is 5.79 Å². The standard InChI is InChI=1S/C22H34N4O/c1-4-14-25(15-5-1)26-21-9-3-2-8-20(21)10-11-22(26,23-12-6-7-13-23)24-16-18-27-19-17-24/h2-3,8-9H,1,4-7,10-19H2. The highest BCUT2D eigenvalue weighted by molar-refractivity contribution is 5.57. The summed E-state index contributed by atoms with van der Waals surface area (Å²) in [4.78, 5) is 5.56. The molecule has 1 atom stereocenters. The minimum Gasteiger partial charge on any atom is -0.379 e. The van der Waals surface area contributed by atoms with Crippen molar-refractivity contribution in [2.75, 3.05) is 57.5 Å². The van der Waals surface area contributed by atoms with Crippen molar-refractivity contribution < 1.29 is 4.74 Å². The summed E-state index contributed by atoms with van der Waals surface area (Å²) in [5.74, 6) is -0.00796. The van der Waals surface area contributed by atoms with Gasteiger partial charge in [0.1, 0.15) is 0 Å². The molecule has 148 valence electrons. The van der Waals surface area contributed by atoms with E-state index in [1.807, 2.05) is 0 Å². The number of hydrogen-bond donors (Lipinski definition) is 0. The van der Waals surface area contributed by atoms with E-state index in [4.69, 9.17) is 4.74 Å². The van der Waals surface area contributed by atoms with E-state index >= 15 is 0 Å². The molecule has 4 heterocycles. The average molecular weight is 371 g/mol. The fourth-order valence-electron chi connectivity index (χ4n) is 5.77. The smallest absolute Gasteiger partial charge is 0.166 e. The first kappa shape index (κ1) is 17.9. The highest BCUT2D eigenvalue weighted by Gasteiger charge is 2.52. The van der Waals surface area contributed by atoms with Crippen molar-refractivity contribution in [1.82, 2.24) is 14.8 Å². The van der Waals surface area contributed by atoms with Gasteiger partial charge in [-0.2, -0.15) is 0 Å². The van der Waals surface area contributed by atoms with Crippen molar-refractivity contribution >= 4 is 5.69 Å². The van der Waals surface area contributed by atoms with Crippen LogP contribution in [0.1, 0.15) is 44.1 Å². The van der Waals surface area contributed by atoms with Crippen LogP contribution in [0.15, 0.2) is 24.3 Å². The van der Waals surface area contributed by atoms with Gasteiger partial charge in [-0.05, 0) is 43.7 Å². The molecule has 4 aliphatic heterocycles. The lowest BCUT2D eigenvalue weighted by atomic mass is 9.94. The molecule has 1 unspecified atom stereocenters. The lowest BCUT2D eigenvalue weighted by Gasteiger charge is -2.62. The molecule has 0 saturated carbocycles. The Balaban J connectivity index is 1.62. The second-order valence-electron chi connectivity index (χ2n) is 8.52. The zero-order valence-electron chi connectivity index (χ0n) is 16.6. The molecule has 5 rings (SSSR count). The van der Waals surface area contributed by atoms with Gasteiger partial charge in [0.2, 0.25) is 0 Å². The topological polar surface area (TPSA) is 22.2 Å². The number of benzene rings is 1. The van der Waals surface area contributed by atoms with Crippen molar-refractivity contribution in [3.05, 3.63) is 29.8 Å². The predicted octanol–water partition coefficient (Wildman–Crippen LogP) is 2.92. The first-order valence-electron chi connectivity index (χ1n) is 11.1. The quantitative estimate of drug-likeness (QED) is 0.814. The van der Waals surface area contributed by atoms with Crippen LogP contribution < -0.4 is 5.01 Å². The monoisotopic (exact) mass is 370 g/mol. The van der Waals surface area contributed by atoms with Crippen molar-refractivity contribution in [3.63, 3.8) is 0 Å². The van der Waals surface area contributed by atoms with Gasteiger partial charge in [-0.1, -0.05) is 24.6 Å². The molecular weight excluding hydrogens is 336 g/mol. The molecule has 5 nitrogen and oxygen atoms in total. The van der Waals surface area contributed by atoms with Crippen molar-refractivity contribution in [1.29, 1.82) is 0 Å². The molecule has 0 aromatic heterocycles. The molecule has 0 radical (unpaired) electrons. The molecule has 1 aromatic carbocycles. The fourth-order valence-corrected chi connectivity index (χ4v) is 5.77. The number of fused-ring (bicyclic) bond motifs is 1. The van der Waals surface area contributed by atoms with Gasteiger partial charge in [0.05, 0.1) is 18.9 Å². The second kappa shape index (κ2) is 7.70. The molecule has 4 aliphatic rings. The lowest BCUT2D eigenvalue weighted by Crippen LogP contribution is -2.76. The SMILES string of the molecule is c1ccc2c(c1)CCC(N1CCCC1)(N1CCOCC1)N2N1CCCCC1. The number of morpholine rings is 1. The Bertz CT molecular complexity index is 635. The van der Waals surface area contributed by atoms with Gasteiger partial charge >= 0.3 is 0 Å². The van der Waals surface area contributed by atoms with Crippen LogP contribution in [0.3, 0.4) is 0 Å². The van der Waals surface area contributed by atoms with Crippen LogP contribution in [-0.2, 0) is 11.2 Å². The zero-order valence-corrected chi connectivity index (χ0v) is 16.6. The first-order valence-corrected chi connectivity index (χ1v) is 11.1. The molecule has 0 N–H and O–H groups in total. The Morgan fingerprint density at radius 1 is 0.741 bits per heavy atom. The van der Waals surface area contributed by atoms with Gasteiger partial charge in [-0.15, -0.1) is 0 Å². The highest BCUT2D eigenvalue weighted by Crippen LogP contribution is 2.44. The predicted molar refractivity (Wildman–Crippen MR) is 109 cm³/mol. The van der Waals surface area contributed by atoms with E-state index in [0.717, 1.165) is 26.3 Å². The number of ether oxygens (including phenoxy) is 1.